The number of carbonyl (C=O) groups excluding carboxylic acids is 1. The van der Waals surface area contributed by atoms with Gasteiger partial charge in [-0.2, -0.15) is 0 Å². The van der Waals surface area contributed by atoms with Gasteiger partial charge in [-0.05, 0) is 42.0 Å². The lowest BCUT2D eigenvalue weighted by Crippen LogP contribution is -2.14. The highest BCUT2D eigenvalue weighted by Crippen LogP contribution is 2.23. The molecule has 7 heteroatoms. The highest BCUT2D eigenvalue weighted by Gasteiger charge is 2.12. The first-order chi connectivity index (χ1) is 11.4. The molecule has 4 nitrogen and oxygen atoms in total. The second-order valence-corrected chi connectivity index (χ2v) is 7.11. The molecule has 0 saturated carbocycles. The van der Waals surface area contributed by atoms with Crippen molar-refractivity contribution in [3.05, 3.63) is 59.0 Å². The summed E-state index contributed by atoms with van der Waals surface area (Å²) in [7, 11) is -1.41. The number of hydrogen-bond donors (Lipinski definition) is 2. The first kappa shape index (κ1) is 16.7. The summed E-state index contributed by atoms with van der Waals surface area (Å²) in [5, 5.41) is 4.11. The average Bonchev–Trinajstić information content (AvgIpc) is 2.89. The highest BCUT2D eigenvalue weighted by molar-refractivity contribution is 7.84. The first-order valence-corrected chi connectivity index (χ1v) is 9.06. The van der Waals surface area contributed by atoms with E-state index in [9.17, 15) is 13.4 Å². The number of hydrogen-bond acceptors (Lipinski definition) is 2. The Hall–Kier alpha value is -2.18. The zero-order valence-electron chi connectivity index (χ0n) is 12.7. The number of fused-ring (bicyclic) bond motifs is 1. The maximum atomic E-state index is 13.8. The second kappa shape index (κ2) is 6.75. The molecule has 0 aliphatic rings. The van der Waals surface area contributed by atoms with Gasteiger partial charge in [0, 0.05) is 34.1 Å². The molecule has 0 radical (unpaired) electrons. The second-order valence-electron chi connectivity index (χ2n) is 5.33. The Morgan fingerprint density at radius 2 is 2.08 bits per heavy atom. The third kappa shape index (κ3) is 3.49. The fourth-order valence-electron chi connectivity index (χ4n) is 2.49. The Morgan fingerprint density at radius 3 is 2.79 bits per heavy atom. The normalized spacial score (nSPS) is 12.3. The predicted octanol–water partition coefficient (Wildman–Crippen LogP) is 3.88. The smallest absolute Gasteiger partial charge is 0.228 e. The molecule has 0 fully saturated rings. The molecule has 3 rings (SSSR count). The van der Waals surface area contributed by atoms with E-state index in [1.165, 1.54) is 24.5 Å². The van der Waals surface area contributed by atoms with Gasteiger partial charge in [-0.1, -0.05) is 11.6 Å². The molecule has 1 unspecified atom stereocenters. The Kier molecular flexibility index (Phi) is 4.69. The Labute approximate surface area is 145 Å². The summed E-state index contributed by atoms with van der Waals surface area (Å²) in [5.74, 6) is -0.881. The molecule has 0 saturated heterocycles. The molecule has 24 heavy (non-hydrogen) atoms. The zero-order valence-corrected chi connectivity index (χ0v) is 14.3. The van der Waals surface area contributed by atoms with Crippen LogP contribution in [0.3, 0.4) is 0 Å². The molecule has 0 bridgehead atoms. The van der Waals surface area contributed by atoms with Gasteiger partial charge in [0.25, 0.3) is 0 Å². The van der Waals surface area contributed by atoms with Crippen LogP contribution < -0.4 is 5.32 Å². The van der Waals surface area contributed by atoms with Gasteiger partial charge >= 0.3 is 0 Å². The van der Waals surface area contributed by atoms with Crippen molar-refractivity contribution < 1.29 is 13.4 Å². The molecule has 1 aromatic heterocycles. The molecule has 0 aliphatic heterocycles. The van der Waals surface area contributed by atoms with Crippen LogP contribution in [0.1, 0.15) is 5.56 Å². The van der Waals surface area contributed by atoms with Gasteiger partial charge < -0.3 is 10.3 Å². The number of aromatic nitrogens is 1. The van der Waals surface area contributed by atoms with Gasteiger partial charge in [-0.25, -0.2) is 4.39 Å². The SMILES string of the molecule is CS(=O)c1ccc(NC(=O)Cc2c[nH]c3ccc(Cl)cc23)cc1F. The van der Waals surface area contributed by atoms with E-state index in [-0.39, 0.29) is 17.2 Å². The molecule has 1 amide bonds. The lowest BCUT2D eigenvalue weighted by molar-refractivity contribution is -0.115. The number of anilines is 1. The maximum absolute atomic E-state index is 13.8. The summed E-state index contributed by atoms with van der Waals surface area (Å²) in [6.07, 6.45) is 3.28. The van der Waals surface area contributed by atoms with Gasteiger partial charge in [0.15, 0.2) is 0 Å². The number of rotatable bonds is 4. The van der Waals surface area contributed by atoms with E-state index < -0.39 is 16.6 Å². The standard InChI is InChI=1S/C17H14ClFN2O2S/c1-24(23)16-5-3-12(8-14(16)19)21-17(22)6-10-9-20-15-4-2-11(18)7-13(10)15/h2-5,7-9,20H,6H2,1H3,(H,21,22). The van der Waals surface area contributed by atoms with Gasteiger partial charge in [0.2, 0.25) is 5.91 Å². The monoisotopic (exact) mass is 364 g/mol. The van der Waals surface area contributed by atoms with Gasteiger partial charge in [0.05, 0.1) is 22.1 Å². The lowest BCUT2D eigenvalue weighted by Gasteiger charge is -2.07. The number of amides is 1. The summed E-state index contributed by atoms with van der Waals surface area (Å²) >= 11 is 5.99. The average molecular weight is 365 g/mol. The summed E-state index contributed by atoms with van der Waals surface area (Å²) < 4.78 is 25.2. The van der Waals surface area contributed by atoms with Crippen LogP contribution in [0.25, 0.3) is 10.9 Å². The van der Waals surface area contributed by atoms with E-state index in [2.05, 4.69) is 10.3 Å². The minimum atomic E-state index is -1.41. The summed E-state index contributed by atoms with van der Waals surface area (Å²) in [6.45, 7) is 0. The van der Waals surface area contributed by atoms with Crippen LogP contribution in [-0.2, 0) is 22.0 Å². The van der Waals surface area contributed by atoms with Crippen molar-refractivity contribution in [3.63, 3.8) is 0 Å². The van der Waals surface area contributed by atoms with Gasteiger partial charge in [-0.15, -0.1) is 0 Å². The first-order valence-electron chi connectivity index (χ1n) is 7.12. The molecule has 2 aromatic carbocycles. The minimum Gasteiger partial charge on any atom is -0.361 e. The predicted molar refractivity (Wildman–Crippen MR) is 94.4 cm³/mol. The molecule has 2 N–H and O–H groups in total. The molecule has 1 atom stereocenters. The molecule has 0 spiro atoms. The van der Waals surface area contributed by atoms with E-state index in [4.69, 9.17) is 11.6 Å². The van der Waals surface area contributed by atoms with Gasteiger partial charge in [-0.3, -0.25) is 9.00 Å². The lowest BCUT2D eigenvalue weighted by atomic mass is 10.1. The molecular formula is C17H14ClFN2O2S. The Bertz CT molecular complexity index is 955. The van der Waals surface area contributed by atoms with Crippen molar-refractivity contribution in [2.75, 3.05) is 11.6 Å². The maximum Gasteiger partial charge on any atom is 0.228 e. The molecule has 3 aromatic rings. The van der Waals surface area contributed by atoms with Crippen LogP contribution in [0.15, 0.2) is 47.5 Å². The zero-order chi connectivity index (χ0) is 17.3. The third-order valence-electron chi connectivity index (χ3n) is 3.61. The largest absolute Gasteiger partial charge is 0.361 e. The van der Waals surface area contributed by atoms with Crippen molar-refractivity contribution >= 4 is 44.9 Å². The quantitative estimate of drug-likeness (QED) is 0.738. The van der Waals surface area contributed by atoms with Crippen LogP contribution in [0.5, 0.6) is 0 Å². The summed E-state index contributed by atoms with van der Waals surface area (Å²) in [4.78, 5) is 15.4. The van der Waals surface area contributed by atoms with E-state index in [0.29, 0.717) is 10.7 Å². The Morgan fingerprint density at radius 1 is 1.29 bits per heavy atom. The summed E-state index contributed by atoms with van der Waals surface area (Å²) in [5.41, 5.74) is 2.02. The third-order valence-corrected chi connectivity index (χ3v) is 4.79. The van der Waals surface area contributed by atoms with E-state index in [1.807, 2.05) is 6.07 Å². The number of halogens is 2. The topological polar surface area (TPSA) is 62.0 Å². The molecule has 0 aliphatic carbocycles. The number of benzene rings is 2. The van der Waals surface area contributed by atoms with Crippen molar-refractivity contribution in [2.24, 2.45) is 0 Å². The molecule has 1 heterocycles. The van der Waals surface area contributed by atoms with Crippen LogP contribution >= 0.6 is 11.6 Å². The van der Waals surface area contributed by atoms with E-state index >= 15 is 0 Å². The van der Waals surface area contributed by atoms with Crippen molar-refractivity contribution in [1.29, 1.82) is 0 Å². The fourth-order valence-corrected chi connectivity index (χ4v) is 3.25. The van der Waals surface area contributed by atoms with E-state index in [0.717, 1.165) is 16.5 Å². The number of aromatic amines is 1. The minimum absolute atomic E-state index is 0.110. The van der Waals surface area contributed by atoms with Crippen LogP contribution in [-0.4, -0.2) is 21.4 Å². The highest BCUT2D eigenvalue weighted by atomic mass is 35.5. The van der Waals surface area contributed by atoms with Crippen LogP contribution in [0.4, 0.5) is 10.1 Å². The number of nitrogens with one attached hydrogen (secondary N) is 2. The summed E-state index contributed by atoms with van der Waals surface area (Å²) in [6, 6.07) is 9.52. The van der Waals surface area contributed by atoms with E-state index in [1.54, 1.807) is 18.3 Å². The van der Waals surface area contributed by atoms with Crippen molar-refractivity contribution in [3.8, 4) is 0 Å². The number of H-pyrrole nitrogens is 1. The van der Waals surface area contributed by atoms with Crippen LogP contribution in [0, 0.1) is 5.82 Å². The van der Waals surface area contributed by atoms with Crippen molar-refractivity contribution in [2.45, 2.75) is 11.3 Å². The molecular weight excluding hydrogens is 351 g/mol. The fraction of sp³-hybridized carbons (Fsp3) is 0.118. The van der Waals surface area contributed by atoms with Gasteiger partial charge in [0.1, 0.15) is 5.82 Å². The Balaban J connectivity index is 1.76. The van der Waals surface area contributed by atoms with Crippen LogP contribution in [0.2, 0.25) is 5.02 Å². The number of carbonyl (C=O) groups is 1. The molecule has 124 valence electrons. The van der Waals surface area contributed by atoms with Crippen molar-refractivity contribution in [1.82, 2.24) is 4.98 Å².